The van der Waals surface area contributed by atoms with Crippen molar-refractivity contribution in [3.8, 4) is 0 Å². The van der Waals surface area contributed by atoms with Crippen LogP contribution in [0.5, 0.6) is 0 Å². The van der Waals surface area contributed by atoms with Gasteiger partial charge in [-0.05, 0) is 43.2 Å². The van der Waals surface area contributed by atoms with Gasteiger partial charge in [0, 0.05) is 36.6 Å². The van der Waals surface area contributed by atoms with Crippen LogP contribution in [0.3, 0.4) is 0 Å². The van der Waals surface area contributed by atoms with Gasteiger partial charge in [0.2, 0.25) is 0 Å². The van der Waals surface area contributed by atoms with Crippen LogP contribution < -0.4 is 16.2 Å². The molecule has 1 aliphatic rings. The zero-order valence-electron chi connectivity index (χ0n) is 11.8. The van der Waals surface area contributed by atoms with Crippen LogP contribution in [0.15, 0.2) is 41.3 Å². The Kier molecular flexibility index (Phi) is 3.48. The van der Waals surface area contributed by atoms with Crippen LogP contribution >= 0.6 is 0 Å². The van der Waals surface area contributed by atoms with E-state index in [1.165, 1.54) is 11.6 Å². The van der Waals surface area contributed by atoms with Crippen molar-refractivity contribution in [1.29, 1.82) is 0 Å². The third-order valence-electron chi connectivity index (χ3n) is 3.66. The lowest BCUT2D eigenvalue weighted by atomic mass is 10.1. The minimum atomic E-state index is -0.161. The number of hydrogen-bond acceptors (Lipinski definition) is 3. The molecule has 1 aliphatic heterocycles. The highest BCUT2D eigenvalue weighted by Crippen LogP contribution is 2.23. The third-order valence-corrected chi connectivity index (χ3v) is 3.66. The van der Waals surface area contributed by atoms with Crippen molar-refractivity contribution in [2.75, 3.05) is 17.2 Å². The van der Waals surface area contributed by atoms with Gasteiger partial charge in [-0.3, -0.25) is 9.59 Å². The molecule has 0 spiro atoms. The summed E-state index contributed by atoms with van der Waals surface area (Å²) >= 11 is 0. The quantitative estimate of drug-likeness (QED) is 0.906. The number of aromatic nitrogens is 1. The summed E-state index contributed by atoms with van der Waals surface area (Å²) in [5.74, 6) is -0.161. The van der Waals surface area contributed by atoms with E-state index in [1.807, 2.05) is 25.1 Å². The number of carbonyl (C=O) groups excluding carboxylic acids is 1. The molecular weight excluding hydrogens is 266 g/mol. The van der Waals surface area contributed by atoms with Gasteiger partial charge in [0.15, 0.2) is 0 Å². The van der Waals surface area contributed by atoms with E-state index in [9.17, 15) is 9.59 Å². The molecule has 2 heterocycles. The lowest BCUT2D eigenvalue weighted by Crippen LogP contribution is -2.19. The number of benzene rings is 1. The van der Waals surface area contributed by atoms with E-state index in [2.05, 4.69) is 10.6 Å². The molecule has 3 rings (SSSR count). The molecule has 0 saturated heterocycles. The van der Waals surface area contributed by atoms with Crippen LogP contribution in [0.25, 0.3) is 0 Å². The Morgan fingerprint density at radius 3 is 3.00 bits per heavy atom. The second-order valence-corrected chi connectivity index (χ2v) is 5.04. The molecule has 2 aromatic rings. The van der Waals surface area contributed by atoms with Gasteiger partial charge in [0.05, 0.1) is 5.69 Å². The molecule has 5 heteroatoms. The Morgan fingerprint density at radius 2 is 2.19 bits per heavy atom. The lowest BCUT2D eigenvalue weighted by molar-refractivity contribution is 0.102. The van der Waals surface area contributed by atoms with Crippen molar-refractivity contribution in [2.45, 2.75) is 19.9 Å². The Balaban J connectivity index is 1.81. The van der Waals surface area contributed by atoms with Gasteiger partial charge < -0.3 is 15.2 Å². The summed E-state index contributed by atoms with van der Waals surface area (Å²) in [6, 6.07) is 8.75. The van der Waals surface area contributed by atoms with E-state index in [1.54, 1.807) is 16.8 Å². The van der Waals surface area contributed by atoms with Crippen molar-refractivity contribution in [2.24, 2.45) is 0 Å². The highest BCUT2D eigenvalue weighted by molar-refractivity contribution is 6.04. The zero-order valence-corrected chi connectivity index (χ0v) is 11.8. The van der Waals surface area contributed by atoms with E-state index in [4.69, 9.17) is 0 Å². The molecule has 0 bridgehead atoms. The second kappa shape index (κ2) is 5.44. The molecule has 1 aromatic carbocycles. The van der Waals surface area contributed by atoms with E-state index in [-0.39, 0.29) is 11.5 Å². The molecule has 0 fully saturated rings. The molecule has 0 atom stereocenters. The lowest BCUT2D eigenvalue weighted by Gasteiger charge is -2.09. The van der Waals surface area contributed by atoms with Crippen molar-refractivity contribution < 1.29 is 4.79 Å². The normalized spacial score (nSPS) is 12.6. The number of nitrogens with zero attached hydrogens (tertiary/aromatic N) is 1. The summed E-state index contributed by atoms with van der Waals surface area (Å²) in [6.45, 7) is 3.38. The predicted molar refractivity (Wildman–Crippen MR) is 83.0 cm³/mol. The maximum absolute atomic E-state index is 12.3. The highest BCUT2D eigenvalue weighted by Gasteiger charge is 2.13. The number of amides is 1. The number of anilines is 2. The van der Waals surface area contributed by atoms with Gasteiger partial charge in [0.25, 0.3) is 11.5 Å². The predicted octanol–water partition coefficient (Wildman–Crippen LogP) is 2.09. The molecule has 2 N–H and O–H groups in total. The molecule has 0 unspecified atom stereocenters. The Hall–Kier alpha value is -2.56. The first-order valence-corrected chi connectivity index (χ1v) is 7.06. The largest absolute Gasteiger partial charge is 0.384 e. The SMILES string of the molecule is CCn1cc(NC(=O)c2ccc3c(c2)CCN3)ccc1=O. The average Bonchev–Trinajstić information content (AvgIpc) is 2.96. The minimum absolute atomic E-state index is 0.0703. The van der Waals surface area contributed by atoms with Crippen molar-refractivity contribution >= 4 is 17.3 Å². The van der Waals surface area contributed by atoms with Gasteiger partial charge in [-0.2, -0.15) is 0 Å². The summed E-state index contributed by atoms with van der Waals surface area (Å²) in [7, 11) is 0. The van der Waals surface area contributed by atoms with Gasteiger partial charge >= 0.3 is 0 Å². The van der Waals surface area contributed by atoms with Crippen LogP contribution in [-0.4, -0.2) is 17.0 Å². The molecule has 108 valence electrons. The fraction of sp³-hybridized carbons (Fsp3) is 0.250. The number of hydrogen-bond donors (Lipinski definition) is 2. The summed E-state index contributed by atoms with van der Waals surface area (Å²) in [6.07, 6.45) is 2.60. The van der Waals surface area contributed by atoms with Crippen molar-refractivity contribution in [3.05, 3.63) is 58.0 Å². The monoisotopic (exact) mass is 283 g/mol. The van der Waals surface area contributed by atoms with Crippen LogP contribution in [0.4, 0.5) is 11.4 Å². The van der Waals surface area contributed by atoms with Gasteiger partial charge in [-0.15, -0.1) is 0 Å². The van der Waals surface area contributed by atoms with Gasteiger partial charge in [0.1, 0.15) is 0 Å². The topological polar surface area (TPSA) is 63.1 Å². The number of fused-ring (bicyclic) bond motifs is 1. The summed E-state index contributed by atoms with van der Waals surface area (Å²) in [4.78, 5) is 23.8. The number of rotatable bonds is 3. The number of pyridine rings is 1. The Morgan fingerprint density at radius 1 is 1.33 bits per heavy atom. The Labute approximate surface area is 122 Å². The van der Waals surface area contributed by atoms with Crippen LogP contribution in [0.2, 0.25) is 0 Å². The van der Waals surface area contributed by atoms with Gasteiger partial charge in [-0.25, -0.2) is 0 Å². The van der Waals surface area contributed by atoms with E-state index in [0.29, 0.717) is 17.8 Å². The second-order valence-electron chi connectivity index (χ2n) is 5.04. The first kappa shape index (κ1) is 13.4. The third kappa shape index (κ3) is 2.67. The molecule has 0 radical (unpaired) electrons. The first-order chi connectivity index (χ1) is 10.2. The number of aryl methyl sites for hydroxylation is 1. The molecule has 21 heavy (non-hydrogen) atoms. The maximum Gasteiger partial charge on any atom is 0.255 e. The van der Waals surface area contributed by atoms with E-state index >= 15 is 0 Å². The molecule has 0 aliphatic carbocycles. The van der Waals surface area contributed by atoms with Crippen molar-refractivity contribution in [1.82, 2.24) is 4.57 Å². The zero-order chi connectivity index (χ0) is 14.8. The minimum Gasteiger partial charge on any atom is -0.384 e. The molecule has 1 amide bonds. The van der Waals surface area contributed by atoms with Crippen LogP contribution in [0, 0.1) is 0 Å². The summed E-state index contributed by atoms with van der Waals surface area (Å²) < 4.78 is 1.56. The fourth-order valence-corrected chi connectivity index (χ4v) is 2.50. The van der Waals surface area contributed by atoms with E-state index < -0.39 is 0 Å². The maximum atomic E-state index is 12.3. The summed E-state index contributed by atoms with van der Waals surface area (Å²) in [5, 5.41) is 6.10. The van der Waals surface area contributed by atoms with Crippen LogP contribution in [0.1, 0.15) is 22.8 Å². The molecule has 0 saturated carbocycles. The highest BCUT2D eigenvalue weighted by atomic mass is 16.1. The number of carbonyl (C=O) groups is 1. The fourth-order valence-electron chi connectivity index (χ4n) is 2.50. The molecular formula is C16H17N3O2. The van der Waals surface area contributed by atoms with Crippen molar-refractivity contribution in [3.63, 3.8) is 0 Å². The van der Waals surface area contributed by atoms with E-state index in [0.717, 1.165) is 18.7 Å². The van der Waals surface area contributed by atoms with Gasteiger partial charge in [-0.1, -0.05) is 0 Å². The average molecular weight is 283 g/mol. The summed E-state index contributed by atoms with van der Waals surface area (Å²) in [5.41, 5.74) is 3.46. The standard InChI is InChI=1S/C16H17N3O2/c1-2-19-10-13(4-6-15(19)20)18-16(21)12-3-5-14-11(9-12)7-8-17-14/h3-6,9-10,17H,2,7-8H2,1H3,(H,18,21). The number of nitrogens with one attached hydrogen (secondary N) is 2. The Bertz CT molecular complexity index is 749. The smallest absolute Gasteiger partial charge is 0.255 e. The first-order valence-electron chi connectivity index (χ1n) is 7.06. The van der Waals surface area contributed by atoms with Crippen LogP contribution in [-0.2, 0) is 13.0 Å². The molecule has 5 nitrogen and oxygen atoms in total. The molecule has 1 aromatic heterocycles.